The molecule has 0 aliphatic heterocycles. The highest BCUT2D eigenvalue weighted by Crippen LogP contribution is 2.36. The summed E-state index contributed by atoms with van der Waals surface area (Å²) in [6.07, 6.45) is 5.82. The van der Waals surface area contributed by atoms with Gasteiger partial charge in [-0.05, 0) is 42.5 Å². The first-order chi connectivity index (χ1) is 12.9. The Morgan fingerprint density at radius 3 is 2.74 bits per heavy atom. The van der Waals surface area contributed by atoms with Crippen LogP contribution >= 0.6 is 22.9 Å². The molecule has 0 amide bonds. The number of sulfonamides is 1. The lowest BCUT2D eigenvalue weighted by Gasteiger charge is -2.10. The molecule has 142 valence electrons. The van der Waals surface area contributed by atoms with E-state index in [4.69, 9.17) is 11.6 Å². The monoisotopic (exact) mass is 423 g/mol. The van der Waals surface area contributed by atoms with Crippen LogP contribution in [0, 0.1) is 0 Å². The predicted octanol–water partition coefficient (Wildman–Crippen LogP) is 4.89. The molecule has 9 heteroatoms. The maximum absolute atomic E-state index is 13.1. The molecule has 2 heterocycles. The molecule has 0 bridgehead atoms. The SMILES string of the molecule is O=S(=O)(Nc1cc(Cl)ccc1O)c1cn(C2CCCC2)nc1-c1cccs1. The Kier molecular flexibility index (Phi) is 4.88. The fourth-order valence-electron chi connectivity index (χ4n) is 3.30. The molecule has 1 aliphatic carbocycles. The third kappa shape index (κ3) is 3.69. The van der Waals surface area contributed by atoms with E-state index in [9.17, 15) is 13.5 Å². The van der Waals surface area contributed by atoms with E-state index in [0.717, 1.165) is 30.6 Å². The Bertz CT molecular complexity index is 1060. The number of nitrogens with one attached hydrogen (secondary N) is 1. The smallest absolute Gasteiger partial charge is 0.265 e. The van der Waals surface area contributed by atoms with Crippen molar-refractivity contribution >= 4 is 38.6 Å². The summed E-state index contributed by atoms with van der Waals surface area (Å²) in [4.78, 5) is 0.874. The molecule has 1 saturated carbocycles. The summed E-state index contributed by atoms with van der Waals surface area (Å²) in [5.74, 6) is -0.191. The summed E-state index contributed by atoms with van der Waals surface area (Å²) >= 11 is 7.37. The van der Waals surface area contributed by atoms with Crippen LogP contribution in [0.1, 0.15) is 31.7 Å². The van der Waals surface area contributed by atoms with Crippen LogP contribution in [0.5, 0.6) is 5.75 Å². The van der Waals surface area contributed by atoms with Crippen molar-refractivity contribution in [2.75, 3.05) is 4.72 Å². The highest BCUT2D eigenvalue weighted by Gasteiger charge is 2.28. The molecule has 27 heavy (non-hydrogen) atoms. The summed E-state index contributed by atoms with van der Waals surface area (Å²) in [7, 11) is -3.96. The fourth-order valence-corrected chi connectivity index (χ4v) is 5.48. The van der Waals surface area contributed by atoms with Crippen LogP contribution in [-0.2, 0) is 10.0 Å². The van der Waals surface area contributed by atoms with E-state index < -0.39 is 10.0 Å². The summed E-state index contributed by atoms with van der Waals surface area (Å²) in [6.45, 7) is 0. The number of hydrogen-bond acceptors (Lipinski definition) is 5. The third-order valence-corrected chi connectivity index (χ3v) is 7.12. The highest BCUT2D eigenvalue weighted by molar-refractivity contribution is 7.92. The Morgan fingerprint density at radius 1 is 1.26 bits per heavy atom. The molecule has 6 nitrogen and oxygen atoms in total. The molecule has 0 unspecified atom stereocenters. The minimum Gasteiger partial charge on any atom is -0.506 e. The van der Waals surface area contributed by atoms with Crippen molar-refractivity contribution < 1.29 is 13.5 Å². The zero-order valence-electron chi connectivity index (χ0n) is 14.3. The number of aromatic nitrogens is 2. The van der Waals surface area contributed by atoms with Gasteiger partial charge in [-0.1, -0.05) is 30.5 Å². The van der Waals surface area contributed by atoms with Gasteiger partial charge >= 0.3 is 0 Å². The molecule has 1 aromatic carbocycles. The van der Waals surface area contributed by atoms with E-state index >= 15 is 0 Å². The van der Waals surface area contributed by atoms with Crippen LogP contribution in [0.25, 0.3) is 10.6 Å². The number of phenols is 1. The Balaban J connectivity index is 1.77. The van der Waals surface area contributed by atoms with Gasteiger partial charge in [0.25, 0.3) is 10.0 Å². The summed E-state index contributed by atoms with van der Waals surface area (Å²) in [5, 5.41) is 16.8. The van der Waals surface area contributed by atoms with Gasteiger partial charge in [0.2, 0.25) is 0 Å². The van der Waals surface area contributed by atoms with Crippen LogP contribution in [0.2, 0.25) is 5.02 Å². The van der Waals surface area contributed by atoms with Gasteiger partial charge in [0.15, 0.2) is 0 Å². The maximum atomic E-state index is 13.1. The number of benzene rings is 1. The van der Waals surface area contributed by atoms with Crippen LogP contribution in [0.3, 0.4) is 0 Å². The molecule has 2 aromatic heterocycles. The summed E-state index contributed by atoms with van der Waals surface area (Å²) < 4.78 is 30.4. The molecule has 0 atom stereocenters. The van der Waals surface area contributed by atoms with Gasteiger partial charge in [0.1, 0.15) is 16.3 Å². The van der Waals surface area contributed by atoms with Crippen LogP contribution in [0.15, 0.2) is 46.8 Å². The van der Waals surface area contributed by atoms with E-state index in [2.05, 4.69) is 9.82 Å². The van der Waals surface area contributed by atoms with Crippen molar-refractivity contribution in [3.63, 3.8) is 0 Å². The van der Waals surface area contributed by atoms with Gasteiger partial charge in [-0.3, -0.25) is 9.40 Å². The van der Waals surface area contributed by atoms with E-state index in [1.54, 1.807) is 10.9 Å². The normalized spacial score (nSPS) is 15.3. The average molecular weight is 424 g/mol. The second-order valence-electron chi connectivity index (χ2n) is 6.50. The van der Waals surface area contributed by atoms with Crippen molar-refractivity contribution in [1.29, 1.82) is 0 Å². The number of hydrogen-bond donors (Lipinski definition) is 2. The topological polar surface area (TPSA) is 84.2 Å². The van der Waals surface area contributed by atoms with E-state index in [1.807, 2.05) is 17.5 Å². The number of anilines is 1. The standard InChI is InChI=1S/C18H18ClN3O3S2/c19-12-7-8-15(23)14(10-12)21-27(24,25)17-11-22(13-4-1-2-5-13)20-18(17)16-6-3-9-26-16/h3,6-11,13,21,23H,1-2,4-5H2. The number of nitrogens with zero attached hydrogens (tertiary/aromatic N) is 2. The number of phenolic OH excluding ortho intramolecular Hbond substituents is 1. The van der Waals surface area contributed by atoms with Crippen LogP contribution in [-0.4, -0.2) is 23.3 Å². The van der Waals surface area contributed by atoms with Gasteiger partial charge in [-0.25, -0.2) is 8.42 Å². The second kappa shape index (κ2) is 7.18. The van der Waals surface area contributed by atoms with Crippen molar-refractivity contribution in [3.05, 3.63) is 46.9 Å². The number of aromatic hydroxyl groups is 1. The average Bonchev–Trinajstić information content (AvgIpc) is 3.38. The van der Waals surface area contributed by atoms with E-state index in [0.29, 0.717) is 10.7 Å². The summed E-state index contributed by atoms with van der Waals surface area (Å²) in [5.41, 5.74) is 0.458. The van der Waals surface area contributed by atoms with Crippen LogP contribution in [0.4, 0.5) is 5.69 Å². The third-order valence-electron chi connectivity index (χ3n) is 4.64. The Hall–Kier alpha value is -2.03. The fraction of sp³-hybridized carbons (Fsp3) is 0.278. The van der Waals surface area contributed by atoms with Gasteiger partial charge in [0.05, 0.1) is 16.6 Å². The van der Waals surface area contributed by atoms with Crippen molar-refractivity contribution in [2.45, 2.75) is 36.6 Å². The highest BCUT2D eigenvalue weighted by atomic mass is 35.5. The first kappa shape index (κ1) is 18.3. The van der Waals surface area contributed by atoms with Crippen molar-refractivity contribution in [3.8, 4) is 16.3 Å². The first-order valence-electron chi connectivity index (χ1n) is 8.58. The molecule has 0 saturated heterocycles. The van der Waals surface area contributed by atoms with Crippen molar-refractivity contribution in [1.82, 2.24) is 9.78 Å². The van der Waals surface area contributed by atoms with Gasteiger partial charge in [0, 0.05) is 11.2 Å². The zero-order chi connectivity index (χ0) is 19.0. The number of halogens is 1. The van der Waals surface area contributed by atoms with E-state index in [-0.39, 0.29) is 22.4 Å². The van der Waals surface area contributed by atoms with Gasteiger partial charge < -0.3 is 5.11 Å². The van der Waals surface area contributed by atoms with Gasteiger partial charge in [-0.15, -0.1) is 11.3 Å². The molecule has 2 N–H and O–H groups in total. The summed E-state index contributed by atoms with van der Waals surface area (Å²) in [6, 6.07) is 8.14. The first-order valence-corrected chi connectivity index (χ1v) is 11.3. The molecule has 0 radical (unpaired) electrons. The molecule has 1 fully saturated rings. The number of thiophene rings is 1. The van der Waals surface area contributed by atoms with Crippen LogP contribution < -0.4 is 4.72 Å². The lowest BCUT2D eigenvalue weighted by atomic mass is 10.3. The quantitative estimate of drug-likeness (QED) is 0.572. The Labute approximate surface area is 166 Å². The minimum atomic E-state index is -3.96. The lowest BCUT2D eigenvalue weighted by Crippen LogP contribution is -2.13. The van der Waals surface area contributed by atoms with Crippen molar-refractivity contribution in [2.24, 2.45) is 0 Å². The predicted molar refractivity (Wildman–Crippen MR) is 107 cm³/mol. The molecule has 3 aromatic rings. The van der Waals surface area contributed by atoms with E-state index in [1.165, 1.54) is 29.5 Å². The largest absolute Gasteiger partial charge is 0.506 e. The minimum absolute atomic E-state index is 0.0354. The Morgan fingerprint density at radius 2 is 2.04 bits per heavy atom. The lowest BCUT2D eigenvalue weighted by molar-refractivity contribution is 0.467. The number of rotatable bonds is 5. The molecular formula is C18H18ClN3O3S2. The second-order valence-corrected chi connectivity index (χ2v) is 9.54. The molecule has 1 aliphatic rings. The zero-order valence-corrected chi connectivity index (χ0v) is 16.7. The molecule has 4 rings (SSSR count). The van der Waals surface area contributed by atoms with Gasteiger partial charge in [-0.2, -0.15) is 5.10 Å². The maximum Gasteiger partial charge on any atom is 0.265 e. The molecule has 0 spiro atoms. The molecular weight excluding hydrogens is 406 g/mol.